The summed E-state index contributed by atoms with van der Waals surface area (Å²) in [5.41, 5.74) is -1.44. The van der Waals surface area contributed by atoms with Crippen molar-refractivity contribution in [3.05, 3.63) is 84.6 Å². The van der Waals surface area contributed by atoms with Crippen LogP contribution in [0.5, 0.6) is 0 Å². The maximum absolute atomic E-state index is 14.7. The molecule has 18 heteroatoms. The molecule has 0 amide bonds. The molecule has 0 fully saturated rings. The number of nitrogens with one attached hydrogen (secondary N) is 2. The number of aryl methyl sites for hydroxylation is 1. The molecule has 214 valence electrons. The van der Waals surface area contributed by atoms with E-state index in [9.17, 15) is 27.2 Å². The predicted molar refractivity (Wildman–Crippen MR) is 146 cm³/mol. The average molecular weight is 630 g/mol. The zero-order valence-electron chi connectivity index (χ0n) is 20.7. The largest absolute Gasteiger partial charge is 0.356 e. The maximum atomic E-state index is 14.7. The molecule has 11 nitrogen and oxygen atoms in total. The van der Waals surface area contributed by atoms with E-state index >= 15 is 0 Å². The first-order chi connectivity index (χ1) is 19.5. The highest BCUT2D eigenvalue weighted by Crippen LogP contribution is 2.34. The number of aromatic nitrogens is 7. The molecular formula is C23H17Cl2F4N9O2S. The lowest BCUT2D eigenvalue weighted by Crippen LogP contribution is -2.43. The molecule has 0 radical (unpaired) electrons. The third-order valence-electron chi connectivity index (χ3n) is 5.65. The summed E-state index contributed by atoms with van der Waals surface area (Å²) in [6, 6.07) is 4.57. The van der Waals surface area contributed by atoms with Crippen LogP contribution >= 0.6 is 34.5 Å². The monoisotopic (exact) mass is 629 g/mol. The minimum atomic E-state index is -2.58. The second-order valence-corrected chi connectivity index (χ2v) is 10.4. The molecule has 0 aliphatic carbocycles. The molecule has 3 aromatic heterocycles. The van der Waals surface area contributed by atoms with Gasteiger partial charge in [0, 0.05) is 18.7 Å². The number of benzene rings is 2. The number of halogens is 6. The molecule has 0 unspecified atom stereocenters. The number of anilines is 3. The van der Waals surface area contributed by atoms with Crippen molar-refractivity contribution in [3.63, 3.8) is 0 Å². The van der Waals surface area contributed by atoms with E-state index in [0.717, 1.165) is 26.5 Å². The van der Waals surface area contributed by atoms with Crippen LogP contribution in [-0.2, 0) is 20.1 Å². The van der Waals surface area contributed by atoms with Gasteiger partial charge in [-0.15, -0.1) is 0 Å². The Kier molecular flexibility index (Phi) is 7.97. The second kappa shape index (κ2) is 11.5. The van der Waals surface area contributed by atoms with Gasteiger partial charge in [-0.3, -0.25) is 9.25 Å². The Bertz CT molecular complexity index is 1890. The quantitative estimate of drug-likeness (QED) is 0.183. The fourth-order valence-electron chi connectivity index (χ4n) is 3.76. The Morgan fingerprint density at radius 1 is 1.00 bits per heavy atom. The molecule has 2 N–H and O–H groups in total. The normalized spacial score (nSPS) is 11.5. The summed E-state index contributed by atoms with van der Waals surface area (Å²) < 4.78 is 57.2. The van der Waals surface area contributed by atoms with Crippen LogP contribution in [0.2, 0.25) is 10.0 Å². The Morgan fingerprint density at radius 2 is 1.78 bits per heavy atom. The van der Waals surface area contributed by atoms with Crippen molar-refractivity contribution < 1.29 is 17.6 Å². The predicted octanol–water partition coefficient (Wildman–Crippen LogP) is 4.25. The van der Waals surface area contributed by atoms with E-state index in [1.54, 1.807) is 7.05 Å². The van der Waals surface area contributed by atoms with Crippen molar-refractivity contribution in [2.24, 2.45) is 7.05 Å². The lowest BCUT2D eigenvalue weighted by atomic mass is 10.2. The highest BCUT2D eigenvalue weighted by molar-refractivity contribution is 7.22. The standard InChI is InChI=1S/C23H17Cl2F4N9O2S/c1-36-9-31-19(35-36)8-38-22(39)34-20(37(23(38)40)7-10-2-11(24)14(27)4-13(10)26)32-15-5-17-16(3-12(15)25)33-21(41-17)30-6-18(28)29/h2-5,9,18H,6-8H2,1H3,(H,30,33)(H,32,34,39). The van der Waals surface area contributed by atoms with E-state index in [4.69, 9.17) is 23.2 Å². The Labute approximate surface area is 241 Å². The number of alkyl halides is 2. The molecule has 2 aromatic carbocycles. The zero-order valence-corrected chi connectivity index (χ0v) is 23.0. The fraction of sp³-hybridized carbons (Fsp3) is 0.217. The summed E-state index contributed by atoms with van der Waals surface area (Å²) in [7, 11) is 1.60. The van der Waals surface area contributed by atoms with E-state index in [1.165, 1.54) is 23.1 Å². The van der Waals surface area contributed by atoms with Gasteiger partial charge in [0.15, 0.2) is 11.0 Å². The van der Waals surface area contributed by atoms with E-state index in [-0.39, 0.29) is 44.7 Å². The minimum Gasteiger partial charge on any atom is -0.356 e. The van der Waals surface area contributed by atoms with Gasteiger partial charge in [0.1, 0.15) is 18.0 Å². The van der Waals surface area contributed by atoms with Crippen LogP contribution in [0, 0.1) is 11.6 Å². The summed E-state index contributed by atoms with van der Waals surface area (Å²) in [4.78, 5) is 38.7. The van der Waals surface area contributed by atoms with Crippen molar-refractivity contribution >= 4 is 61.5 Å². The van der Waals surface area contributed by atoms with Gasteiger partial charge in [-0.05, 0) is 18.2 Å². The van der Waals surface area contributed by atoms with E-state index in [0.29, 0.717) is 16.3 Å². The van der Waals surface area contributed by atoms with Crippen molar-refractivity contribution in [3.8, 4) is 0 Å². The van der Waals surface area contributed by atoms with Crippen molar-refractivity contribution in [2.45, 2.75) is 19.5 Å². The fourth-order valence-corrected chi connectivity index (χ4v) is 5.05. The smallest absolute Gasteiger partial charge is 0.355 e. The first-order valence-electron chi connectivity index (χ1n) is 11.6. The average Bonchev–Trinajstić information content (AvgIpc) is 3.50. The second-order valence-electron chi connectivity index (χ2n) is 8.58. The minimum absolute atomic E-state index is 0.0990. The van der Waals surface area contributed by atoms with Crippen LogP contribution in [0.4, 0.5) is 34.3 Å². The van der Waals surface area contributed by atoms with Gasteiger partial charge in [0.05, 0.1) is 45.6 Å². The van der Waals surface area contributed by atoms with E-state index in [2.05, 4.69) is 30.7 Å². The first-order valence-corrected chi connectivity index (χ1v) is 13.1. The molecule has 0 aliphatic rings. The van der Waals surface area contributed by atoms with Crippen molar-refractivity contribution in [1.82, 2.24) is 33.9 Å². The summed E-state index contributed by atoms with van der Waals surface area (Å²) >= 11 is 13.3. The number of hydrogen-bond acceptors (Lipinski definition) is 9. The van der Waals surface area contributed by atoms with Gasteiger partial charge in [0.2, 0.25) is 5.95 Å². The number of fused-ring (bicyclic) bond motifs is 1. The Balaban J connectivity index is 1.58. The molecule has 0 spiro atoms. The van der Waals surface area contributed by atoms with Gasteiger partial charge >= 0.3 is 11.4 Å². The molecule has 3 heterocycles. The first kappa shape index (κ1) is 28.5. The number of hydrogen-bond donors (Lipinski definition) is 2. The van der Waals surface area contributed by atoms with E-state index < -0.39 is 42.5 Å². The summed E-state index contributed by atoms with van der Waals surface area (Å²) in [5.74, 6) is -2.14. The summed E-state index contributed by atoms with van der Waals surface area (Å²) in [5, 5.41) is 9.35. The Morgan fingerprint density at radius 3 is 2.49 bits per heavy atom. The third kappa shape index (κ3) is 6.18. The molecule has 0 saturated carbocycles. The lowest BCUT2D eigenvalue weighted by molar-refractivity contribution is 0.163. The highest BCUT2D eigenvalue weighted by atomic mass is 35.5. The van der Waals surface area contributed by atoms with Gasteiger partial charge in [-0.2, -0.15) is 10.1 Å². The van der Waals surface area contributed by atoms with Crippen LogP contribution < -0.4 is 22.0 Å². The molecule has 0 atom stereocenters. The molecule has 5 aromatic rings. The topological polar surface area (TPSA) is 125 Å². The van der Waals surface area contributed by atoms with Gasteiger partial charge in [-0.1, -0.05) is 34.5 Å². The summed E-state index contributed by atoms with van der Waals surface area (Å²) in [6.07, 6.45) is -1.20. The van der Waals surface area contributed by atoms with Crippen LogP contribution in [-0.4, -0.2) is 46.8 Å². The van der Waals surface area contributed by atoms with Crippen LogP contribution in [0.1, 0.15) is 11.4 Å². The molecule has 0 aliphatic heterocycles. The number of nitrogens with zero attached hydrogens (tertiary/aromatic N) is 7. The van der Waals surface area contributed by atoms with E-state index in [1.807, 2.05) is 0 Å². The SMILES string of the molecule is Cn1cnc(Cn2c(=O)nc(Nc3cc4sc(NCC(F)F)nc4cc3Cl)n(Cc3cc(Cl)c(F)cc3F)c2=O)n1. The van der Waals surface area contributed by atoms with Crippen LogP contribution in [0.3, 0.4) is 0 Å². The summed E-state index contributed by atoms with van der Waals surface area (Å²) in [6.45, 7) is -1.43. The molecule has 41 heavy (non-hydrogen) atoms. The van der Waals surface area contributed by atoms with Crippen molar-refractivity contribution in [1.29, 1.82) is 0 Å². The molecular weight excluding hydrogens is 613 g/mol. The Hall–Kier alpha value is -4.02. The lowest BCUT2D eigenvalue weighted by Gasteiger charge is -2.16. The number of rotatable bonds is 9. The maximum Gasteiger partial charge on any atom is 0.355 e. The van der Waals surface area contributed by atoms with Gasteiger partial charge < -0.3 is 10.6 Å². The third-order valence-corrected chi connectivity index (χ3v) is 7.22. The highest BCUT2D eigenvalue weighted by Gasteiger charge is 2.19. The molecule has 0 bridgehead atoms. The van der Waals surface area contributed by atoms with Gasteiger partial charge in [-0.25, -0.2) is 41.7 Å². The zero-order chi connectivity index (χ0) is 29.4. The van der Waals surface area contributed by atoms with Crippen LogP contribution in [0.25, 0.3) is 10.2 Å². The van der Waals surface area contributed by atoms with Crippen molar-refractivity contribution in [2.75, 3.05) is 17.2 Å². The van der Waals surface area contributed by atoms with Gasteiger partial charge in [0.25, 0.3) is 6.43 Å². The van der Waals surface area contributed by atoms with Crippen LogP contribution in [0.15, 0.2) is 40.2 Å². The molecule has 5 rings (SSSR count). The molecule has 0 saturated heterocycles. The number of thiazole rings is 1.